The number of carbonyl (C=O) groups is 1. The van der Waals surface area contributed by atoms with E-state index in [1.807, 2.05) is 20.8 Å². The first-order chi connectivity index (χ1) is 9.92. The van der Waals surface area contributed by atoms with Gasteiger partial charge in [-0.15, -0.1) is 0 Å². The molecule has 0 aliphatic rings. The fraction of sp³-hybridized carbons (Fsp3) is 0.929. The third kappa shape index (κ3) is 19.3. The summed E-state index contributed by atoms with van der Waals surface area (Å²) in [6.45, 7) is 9.42. The van der Waals surface area contributed by atoms with Crippen molar-refractivity contribution in [1.29, 1.82) is 0 Å². The van der Waals surface area contributed by atoms with E-state index in [9.17, 15) is 4.79 Å². The fourth-order valence-corrected chi connectivity index (χ4v) is 1.23. The average Bonchev–Trinajstić information content (AvgIpc) is 2.37. The van der Waals surface area contributed by atoms with Crippen LogP contribution in [0.5, 0.6) is 0 Å². The zero-order chi connectivity index (χ0) is 16.0. The molecule has 0 aromatic carbocycles. The van der Waals surface area contributed by atoms with E-state index in [0.29, 0.717) is 46.2 Å². The normalized spacial score (nSPS) is 11.8. The molecule has 0 heterocycles. The van der Waals surface area contributed by atoms with E-state index >= 15 is 0 Å². The van der Waals surface area contributed by atoms with Crippen LogP contribution in [0.4, 0.5) is 0 Å². The van der Waals surface area contributed by atoms with E-state index in [1.54, 1.807) is 0 Å². The van der Waals surface area contributed by atoms with Crippen LogP contribution >= 0.6 is 0 Å². The molecule has 0 atom stereocenters. The molecule has 0 unspecified atom stereocenters. The zero-order valence-electron chi connectivity index (χ0n) is 13.3. The number of aliphatic carboxylic acids is 1. The summed E-state index contributed by atoms with van der Waals surface area (Å²) < 4.78 is 26.1. The van der Waals surface area contributed by atoms with Crippen LogP contribution in [0.15, 0.2) is 0 Å². The predicted octanol–water partition coefficient (Wildman–Crippen LogP) is 0.953. The molecule has 0 saturated carbocycles. The monoisotopic (exact) mass is 308 g/mol. The minimum absolute atomic E-state index is 0.134. The van der Waals surface area contributed by atoms with Gasteiger partial charge < -0.3 is 28.8 Å². The van der Waals surface area contributed by atoms with E-state index in [2.05, 4.69) is 0 Å². The Bertz CT molecular complexity index is 250. The van der Waals surface area contributed by atoms with Gasteiger partial charge in [-0.1, -0.05) is 0 Å². The highest BCUT2D eigenvalue weighted by molar-refractivity contribution is 5.67. The van der Waals surface area contributed by atoms with Crippen molar-refractivity contribution < 1.29 is 33.6 Å². The van der Waals surface area contributed by atoms with Crippen molar-refractivity contribution in [2.45, 2.75) is 26.4 Å². The summed E-state index contributed by atoms with van der Waals surface area (Å²) in [5, 5.41) is 8.32. The van der Waals surface area contributed by atoms with E-state index in [0.717, 1.165) is 0 Å². The Morgan fingerprint density at radius 1 is 0.762 bits per heavy atom. The number of hydrogen-bond donors (Lipinski definition) is 1. The number of carboxylic acids is 1. The third-order valence-corrected chi connectivity index (χ3v) is 2.10. The van der Waals surface area contributed by atoms with Crippen LogP contribution in [0.25, 0.3) is 0 Å². The van der Waals surface area contributed by atoms with E-state index in [1.165, 1.54) is 0 Å². The Morgan fingerprint density at radius 2 is 1.14 bits per heavy atom. The third-order valence-electron chi connectivity index (χ3n) is 2.10. The molecule has 0 rings (SSSR count). The molecule has 0 aromatic heterocycles. The Labute approximate surface area is 126 Å². The number of hydrogen-bond acceptors (Lipinski definition) is 6. The maximum atomic E-state index is 10.1. The highest BCUT2D eigenvalue weighted by Crippen LogP contribution is 2.05. The number of ether oxygens (including phenoxy) is 5. The molecule has 7 nitrogen and oxygen atoms in total. The molecule has 0 amide bonds. The Kier molecular flexibility index (Phi) is 12.5. The van der Waals surface area contributed by atoms with Crippen molar-refractivity contribution >= 4 is 5.97 Å². The molecular formula is C14H28O7. The van der Waals surface area contributed by atoms with Crippen LogP contribution in [-0.2, 0) is 28.5 Å². The number of rotatable bonds is 14. The van der Waals surface area contributed by atoms with Crippen molar-refractivity contribution in [2.24, 2.45) is 0 Å². The van der Waals surface area contributed by atoms with Gasteiger partial charge in [0, 0.05) is 0 Å². The molecule has 0 spiro atoms. The molecule has 0 bridgehead atoms. The van der Waals surface area contributed by atoms with Crippen molar-refractivity contribution in [2.75, 3.05) is 59.5 Å². The first-order valence-corrected chi connectivity index (χ1v) is 7.08. The van der Waals surface area contributed by atoms with E-state index in [-0.39, 0.29) is 18.8 Å². The fourth-order valence-electron chi connectivity index (χ4n) is 1.23. The lowest BCUT2D eigenvalue weighted by molar-refractivity contribution is -0.142. The Morgan fingerprint density at radius 3 is 1.52 bits per heavy atom. The molecule has 126 valence electrons. The van der Waals surface area contributed by atoms with Crippen molar-refractivity contribution in [3.63, 3.8) is 0 Å². The van der Waals surface area contributed by atoms with Gasteiger partial charge in [-0.05, 0) is 20.8 Å². The van der Waals surface area contributed by atoms with Gasteiger partial charge in [-0.25, -0.2) is 4.79 Å². The second-order valence-corrected chi connectivity index (χ2v) is 5.24. The summed E-state index contributed by atoms with van der Waals surface area (Å²) in [6.07, 6.45) is 0. The minimum atomic E-state index is -0.980. The summed E-state index contributed by atoms with van der Waals surface area (Å²) in [5.41, 5.74) is -0.134. The summed E-state index contributed by atoms with van der Waals surface area (Å²) in [5.74, 6) is -0.980. The highest BCUT2D eigenvalue weighted by Gasteiger charge is 2.08. The first-order valence-electron chi connectivity index (χ1n) is 7.08. The van der Waals surface area contributed by atoms with Crippen LogP contribution in [0.3, 0.4) is 0 Å². The van der Waals surface area contributed by atoms with Gasteiger partial charge >= 0.3 is 5.97 Å². The lowest BCUT2D eigenvalue weighted by Gasteiger charge is -2.19. The van der Waals surface area contributed by atoms with Gasteiger partial charge in [0.05, 0.1) is 58.5 Å². The first kappa shape index (κ1) is 20.3. The van der Waals surface area contributed by atoms with Gasteiger partial charge in [-0.3, -0.25) is 0 Å². The highest BCUT2D eigenvalue weighted by atomic mass is 16.6. The zero-order valence-corrected chi connectivity index (χ0v) is 13.3. The minimum Gasteiger partial charge on any atom is -0.480 e. The molecule has 21 heavy (non-hydrogen) atoms. The van der Waals surface area contributed by atoms with E-state index in [4.69, 9.17) is 28.8 Å². The summed E-state index contributed by atoms with van der Waals surface area (Å²) in [7, 11) is 0. The van der Waals surface area contributed by atoms with Gasteiger partial charge in [0.2, 0.25) is 0 Å². The number of carboxylic acid groups (broad SMARTS) is 1. The summed E-state index contributed by atoms with van der Waals surface area (Å²) in [4.78, 5) is 10.1. The van der Waals surface area contributed by atoms with Crippen LogP contribution in [0, 0.1) is 0 Å². The molecule has 1 N–H and O–H groups in total. The molecule has 0 aliphatic heterocycles. The van der Waals surface area contributed by atoms with Crippen molar-refractivity contribution in [3.8, 4) is 0 Å². The predicted molar refractivity (Wildman–Crippen MR) is 76.6 cm³/mol. The Balaban J connectivity index is 3.04. The quantitative estimate of drug-likeness (QED) is 0.478. The SMILES string of the molecule is CC(C)(C)OCCOCCOCCOCCOCC(=O)O. The smallest absolute Gasteiger partial charge is 0.329 e. The van der Waals surface area contributed by atoms with Crippen LogP contribution in [0.2, 0.25) is 0 Å². The average molecular weight is 308 g/mol. The van der Waals surface area contributed by atoms with Gasteiger partial charge in [0.15, 0.2) is 0 Å². The molecule has 0 radical (unpaired) electrons. The van der Waals surface area contributed by atoms with Gasteiger partial charge in [0.25, 0.3) is 0 Å². The lowest BCUT2D eigenvalue weighted by Crippen LogP contribution is -2.22. The van der Waals surface area contributed by atoms with Gasteiger partial charge in [-0.2, -0.15) is 0 Å². The van der Waals surface area contributed by atoms with Crippen molar-refractivity contribution in [1.82, 2.24) is 0 Å². The maximum Gasteiger partial charge on any atom is 0.329 e. The molecule has 0 fully saturated rings. The van der Waals surface area contributed by atoms with Crippen LogP contribution in [-0.4, -0.2) is 76.1 Å². The standard InChI is InChI=1S/C14H28O7/c1-14(2,3)21-11-10-19-7-6-17-4-5-18-8-9-20-12-13(15)16/h4-12H2,1-3H3,(H,15,16). The van der Waals surface area contributed by atoms with Crippen LogP contribution < -0.4 is 0 Å². The maximum absolute atomic E-state index is 10.1. The largest absolute Gasteiger partial charge is 0.480 e. The second-order valence-electron chi connectivity index (χ2n) is 5.24. The molecule has 0 aromatic rings. The van der Waals surface area contributed by atoms with Crippen molar-refractivity contribution in [3.05, 3.63) is 0 Å². The molecule has 0 saturated heterocycles. The summed E-state index contributed by atoms with van der Waals surface area (Å²) >= 11 is 0. The molecular weight excluding hydrogens is 280 g/mol. The molecule has 0 aliphatic carbocycles. The molecule has 7 heteroatoms. The summed E-state index contributed by atoms with van der Waals surface area (Å²) in [6, 6.07) is 0. The topological polar surface area (TPSA) is 83.5 Å². The Hall–Kier alpha value is -0.730. The van der Waals surface area contributed by atoms with Crippen LogP contribution in [0.1, 0.15) is 20.8 Å². The van der Waals surface area contributed by atoms with E-state index < -0.39 is 5.97 Å². The van der Waals surface area contributed by atoms with Gasteiger partial charge in [0.1, 0.15) is 6.61 Å². The lowest BCUT2D eigenvalue weighted by atomic mass is 10.2. The second kappa shape index (κ2) is 13.0.